The number of hydrogen-bond acceptors (Lipinski definition) is 4. The summed E-state index contributed by atoms with van der Waals surface area (Å²) in [7, 11) is 1.96. The van der Waals surface area contributed by atoms with Gasteiger partial charge in [0.2, 0.25) is 0 Å². The number of primary amides is 1. The summed E-state index contributed by atoms with van der Waals surface area (Å²) in [4.78, 5) is 29.5. The van der Waals surface area contributed by atoms with Gasteiger partial charge < -0.3 is 20.1 Å². The number of rotatable bonds is 8. The lowest BCUT2D eigenvalue weighted by Crippen LogP contribution is -2.41. The van der Waals surface area contributed by atoms with E-state index in [2.05, 4.69) is 4.90 Å². The van der Waals surface area contributed by atoms with Crippen LogP contribution in [0.2, 0.25) is 0 Å². The van der Waals surface area contributed by atoms with Gasteiger partial charge in [-0.15, -0.1) is 0 Å². The second kappa shape index (κ2) is 8.54. The number of piperidine rings is 1. The molecule has 2 heterocycles. The van der Waals surface area contributed by atoms with Gasteiger partial charge in [-0.2, -0.15) is 0 Å². The van der Waals surface area contributed by atoms with E-state index in [4.69, 9.17) is 5.73 Å². The molecule has 0 bridgehead atoms. The fourth-order valence-corrected chi connectivity index (χ4v) is 6.07. The molecule has 6 nitrogen and oxygen atoms in total. The van der Waals surface area contributed by atoms with Crippen LogP contribution in [0, 0.1) is 17.7 Å². The highest BCUT2D eigenvalue weighted by atomic mass is 19.3. The molecule has 2 saturated carbocycles. The third-order valence-corrected chi connectivity index (χ3v) is 8.25. The molecule has 1 amide bonds. The minimum Gasteiger partial charge on any atom is -0.365 e. The topological polar surface area (TPSA) is 71.6 Å². The zero-order chi connectivity index (χ0) is 27.0. The predicted octanol–water partition coefficient (Wildman–Crippen LogP) is 4.08. The fourth-order valence-electron chi connectivity index (χ4n) is 6.07. The fraction of sp³-hybridized carbons (Fsp3) is 0.538. The summed E-state index contributed by atoms with van der Waals surface area (Å²) in [6.45, 7) is 3.68. The van der Waals surface area contributed by atoms with Crippen molar-refractivity contribution in [2.24, 2.45) is 17.6 Å². The molecule has 0 radical (unpaired) electrons. The van der Waals surface area contributed by atoms with E-state index in [1.807, 2.05) is 7.05 Å². The van der Waals surface area contributed by atoms with E-state index in [-0.39, 0.29) is 47.5 Å². The number of nitrogens with zero attached hydrogens (tertiary/aromatic N) is 3. The Bertz CT molecular complexity index is 1290. The van der Waals surface area contributed by atoms with E-state index < -0.39 is 46.8 Å². The number of benzene rings is 1. The van der Waals surface area contributed by atoms with Crippen LogP contribution >= 0.6 is 0 Å². The normalized spacial score (nSPS) is 25.2. The van der Waals surface area contributed by atoms with Crippen molar-refractivity contribution in [3.05, 3.63) is 63.3 Å². The van der Waals surface area contributed by atoms with Gasteiger partial charge in [-0.3, -0.25) is 9.59 Å². The summed E-state index contributed by atoms with van der Waals surface area (Å²) >= 11 is 0. The van der Waals surface area contributed by atoms with E-state index in [9.17, 15) is 27.2 Å². The highest BCUT2D eigenvalue weighted by Crippen LogP contribution is 2.53. The molecule has 1 aliphatic heterocycles. The van der Waals surface area contributed by atoms with Crippen LogP contribution in [0.25, 0.3) is 0 Å². The zero-order valence-corrected chi connectivity index (χ0v) is 20.7. The lowest BCUT2D eigenvalue weighted by molar-refractivity contribution is 0.0135. The predicted molar refractivity (Wildman–Crippen MR) is 128 cm³/mol. The molecule has 2 aromatic rings. The Morgan fingerprint density at radius 2 is 1.84 bits per heavy atom. The Kier molecular flexibility index (Phi) is 5.93. The van der Waals surface area contributed by atoms with Crippen LogP contribution < -0.4 is 16.2 Å². The average molecular weight is 525 g/mol. The molecule has 1 saturated heterocycles. The number of carbonyl (C=O) groups is 1. The molecule has 37 heavy (non-hydrogen) atoms. The highest BCUT2D eigenvalue weighted by Gasteiger charge is 2.59. The first-order valence-electron chi connectivity index (χ1n) is 12.3. The number of aromatic nitrogens is 1. The maximum Gasteiger partial charge on any atom is 0.273 e. The Morgan fingerprint density at radius 1 is 1.22 bits per heavy atom. The second-order valence-electron chi connectivity index (χ2n) is 10.8. The molecule has 5 rings (SSSR count). The number of hydrogen-bond donors (Lipinski definition) is 1. The highest BCUT2D eigenvalue weighted by molar-refractivity contribution is 5.98. The Morgan fingerprint density at radius 3 is 2.35 bits per heavy atom. The van der Waals surface area contributed by atoms with Crippen LogP contribution in [0.4, 0.5) is 27.6 Å². The standard InChI is InChI=1S/C26H29F5N4O2/c1-13(14-5-4-6-18(21(14)27)25(2,30)31)35(22-15-10-33(3)11-16(15)22)19-9-20(36)34(12-17(19)23(32)37)26(7-8-26)24(28)29/h4-6,9,12-13,15-16,22,24H,7-8,10-11H2,1-3H3,(H2,32,37)/t13-,15?,16?,22?/m1/s1. The lowest BCUT2D eigenvalue weighted by atomic mass is 9.98. The van der Waals surface area contributed by atoms with Crippen molar-refractivity contribution in [3.63, 3.8) is 0 Å². The molecule has 2 aliphatic carbocycles. The maximum absolute atomic E-state index is 15.4. The third kappa shape index (κ3) is 4.11. The van der Waals surface area contributed by atoms with E-state index in [0.717, 1.165) is 36.0 Å². The first-order valence-corrected chi connectivity index (χ1v) is 12.3. The number of anilines is 1. The van der Waals surface area contributed by atoms with Gasteiger partial charge in [0.05, 0.1) is 22.9 Å². The Balaban J connectivity index is 1.65. The molecule has 3 aliphatic rings. The number of likely N-dealkylation sites (tertiary alicyclic amines) is 1. The lowest BCUT2D eigenvalue weighted by Gasteiger charge is -2.36. The van der Waals surface area contributed by atoms with Gasteiger partial charge in [0, 0.05) is 43.9 Å². The minimum absolute atomic E-state index is 0.0248. The molecule has 2 unspecified atom stereocenters. The van der Waals surface area contributed by atoms with Gasteiger partial charge in [-0.1, -0.05) is 18.2 Å². The summed E-state index contributed by atoms with van der Waals surface area (Å²) < 4.78 is 72.1. The maximum atomic E-state index is 15.4. The summed E-state index contributed by atoms with van der Waals surface area (Å²) in [5.41, 5.74) is 2.43. The van der Waals surface area contributed by atoms with Gasteiger partial charge >= 0.3 is 0 Å². The van der Waals surface area contributed by atoms with E-state index in [1.54, 1.807) is 11.8 Å². The van der Waals surface area contributed by atoms with Crippen molar-refractivity contribution in [2.45, 2.75) is 56.7 Å². The molecular weight excluding hydrogens is 495 g/mol. The van der Waals surface area contributed by atoms with Crippen molar-refractivity contribution >= 4 is 11.6 Å². The van der Waals surface area contributed by atoms with E-state index in [0.29, 0.717) is 6.92 Å². The number of amides is 1. The number of alkyl halides is 4. The third-order valence-electron chi connectivity index (χ3n) is 8.25. The van der Waals surface area contributed by atoms with Crippen LogP contribution in [0.5, 0.6) is 0 Å². The second-order valence-corrected chi connectivity index (χ2v) is 10.8. The molecule has 3 fully saturated rings. The van der Waals surface area contributed by atoms with Crippen molar-refractivity contribution < 1.29 is 26.7 Å². The van der Waals surface area contributed by atoms with Gasteiger partial charge in [0.15, 0.2) is 0 Å². The summed E-state index contributed by atoms with van der Waals surface area (Å²) in [5.74, 6) is -5.13. The van der Waals surface area contributed by atoms with Crippen LogP contribution in [0.1, 0.15) is 54.2 Å². The van der Waals surface area contributed by atoms with Gasteiger partial charge in [-0.25, -0.2) is 22.0 Å². The molecule has 3 atom stereocenters. The molecule has 0 spiro atoms. The van der Waals surface area contributed by atoms with E-state index >= 15 is 4.39 Å². The van der Waals surface area contributed by atoms with Crippen molar-refractivity contribution in [2.75, 3.05) is 25.0 Å². The molecule has 1 aromatic heterocycles. The molecule has 2 N–H and O–H groups in total. The number of pyridine rings is 1. The van der Waals surface area contributed by atoms with Crippen LogP contribution in [-0.4, -0.2) is 48.0 Å². The van der Waals surface area contributed by atoms with Gasteiger partial charge in [0.25, 0.3) is 23.8 Å². The smallest absolute Gasteiger partial charge is 0.273 e. The Hall–Kier alpha value is -2.95. The monoisotopic (exact) mass is 524 g/mol. The molecular formula is C26H29F5N4O2. The molecule has 200 valence electrons. The number of halogens is 5. The first-order chi connectivity index (χ1) is 17.3. The Labute approximate surface area is 210 Å². The molecule has 11 heteroatoms. The average Bonchev–Trinajstić information content (AvgIpc) is 3.69. The minimum atomic E-state index is -3.42. The van der Waals surface area contributed by atoms with Gasteiger partial charge in [0.1, 0.15) is 11.4 Å². The van der Waals surface area contributed by atoms with E-state index in [1.165, 1.54) is 12.1 Å². The van der Waals surface area contributed by atoms with Crippen molar-refractivity contribution in [3.8, 4) is 0 Å². The number of fused-ring (bicyclic) bond motifs is 1. The number of carbonyl (C=O) groups excluding carboxylic acids is 1. The van der Waals surface area contributed by atoms with Crippen LogP contribution in [-0.2, 0) is 11.5 Å². The van der Waals surface area contributed by atoms with Crippen LogP contribution in [0.15, 0.2) is 35.3 Å². The zero-order valence-electron chi connectivity index (χ0n) is 20.7. The van der Waals surface area contributed by atoms with Crippen LogP contribution in [0.3, 0.4) is 0 Å². The van der Waals surface area contributed by atoms with Crippen molar-refractivity contribution in [1.82, 2.24) is 9.47 Å². The summed E-state index contributed by atoms with van der Waals surface area (Å²) in [6, 6.07) is 3.79. The molecule has 1 aromatic carbocycles. The first kappa shape index (κ1) is 25.7. The quantitative estimate of drug-likeness (QED) is 0.529. The largest absolute Gasteiger partial charge is 0.365 e. The SMILES string of the molecule is C[C@H](c1cccc(C(C)(F)F)c1F)N(c1cc(=O)n(C2(C(F)F)CC2)cc1C(N)=O)C1C2CN(C)CC21. The summed E-state index contributed by atoms with van der Waals surface area (Å²) in [6.07, 6.45) is -1.55. The number of nitrogens with two attached hydrogens (primary N) is 1. The summed E-state index contributed by atoms with van der Waals surface area (Å²) in [5, 5.41) is 0. The van der Waals surface area contributed by atoms with Gasteiger partial charge in [-0.05, 0) is 38.6 Å². The van der Waals surface area contributed by atoms with Crippen molar-refractivity contribution in [1.29, 1.82) is 0 Å².